The number of urea groups is 1. The van der Waals surface area contributed by atoms with Gasteiger partial charge in [0.05, 0.1) is 5.54 Å². The molecule has 86 valence electrons. The molecule has 0 aromatic carbocycles. The zero-order valence-corrected chi connectivity index (χ0v) is 9.92. The normalized spacial score (nSPS) is 32.1. The maximum absolute atomic E-state index is 12.0. The summed E-state index contributed by atoms with van der Waals surface area (Å²) in [5, 5.41) is 3.42. The molecule has 2 amide bonds. The third-order valence-electron chi connectivity index (χ3n) is 3.54. The molecule has 2 aliphatic rings. The fourth-order valence-electron chi connectivity index (χ4n) is 3.03. The summed E-state index contributed by atoms with van der Waals surface area (Å²) in [7, 11) is 1.90. The largest absolute Gasteiger partial charge is 0.325 e. The summed E-state index contributed by atoms with van der Waals surface area (Å²) in [5.41, 5.74) is 0.0538. The van der Waals surface area contributed by atoms with Gasteiger partial charge in [0.15, 0.2) is 0 Å². The number of rotatable bonds is 1. The number of amides is 2. The molecule has 2 fully saturated rings. The van der Waals surface area contributed by atoms with E-state index in [9.17, 15) is 4.79 Å². The molecule has 1 unspecified atom stereocenters. The Morgan fingerprint density at radius 2 is 2.20 bits per heavy atom. The number of hydrogen-bond donors (Lipinski definition) is 1. The third kappa shape index (κ3) is 1.61. The van der Waals surface area contributed by atoms with E-state index < -0.39 is 0 Å². The van der Waals surface area contributed by atoms with Gasteiger partial charge in [0.2, 0.25) is 0 Å². The molecule has 2 aliphatic heterocycles. The minimum Gasteiger partial charge on any atom is -0.325 e. The molecule has 15 heavy (non-hydrogen) atoms. The summed E-state index contributed by atoms with van der Waals surface area (Å²) in [6.45, 7) is 7.12. The molecule has 4 heteroatoms. The van der Waals surface area contributed by atoms with Gasteiger partial charge in [0.1, 0.15) is 0 Å². The first-order valence-corrected chi connectivity index (χ1v) is 5.82. The molecule has 1 atom stereocenters. The van der Waals surface area contributed by atoms with E-state index in [-0.39, 0.29) is 11.6 Å². The van der Waals surface area contributed by atoms with Crippen molar-refractivity contribution in [2.45, 2.75) is 38.3 Å². The first-order chi connectivity index (χ1) is 7.07. The van der Waals surface area contributed by atoms with Gasteiger partial charge >= 0.3 is 6.03 Å². The van der Waals surface area contributed by atoms with E-state index in [0.29, 0.717) is 6.04 Å². The van der Waals surface area contributed by atoms with Gasteiger partial charge in [-0.1, -0.05) is 0 Å². The first kappa shape index (κ1) is 10.7. The maximum atomic E-state index is 12.0. The van der Waals surface area contributed by atoms with Crippen LogP contribution in [0.25, 0.3) is 0 Å². The standard InChI is InChI=1S/C11H21N3O/c1-9(2)14-10(15)13(3)8-11(14)5-4-6-12-7-11/h9,12H,4-8H2,1-3H3. The molecular weight excluding hydrogens is 190 g/mol. The lowest BCUT2D eigenvalue weighted by Gasteiger charge is -2.42. The quantitative estimate of drug-likeness (QED) is 0.699. The second kappa shape index (κ2) is 3.67. The summed E-state index contributed by atoms with van der Waals surface area (Å²) >= 11 is 0. The van der Waals surface area contributed by atoms with Crippen LogP contribution in [-0.4, -0.2) is 54.1 Å². The fourth-order valence-corrected chi connectivity index (χ4v) is 3.03. The van der Waals surface area contributed by atoms with Crippen LogP contribution >= 0.6 is 0 Å². The summed E-state index contributed by atoms with van der Waals surface area (Å²) in [5.74, 6) is 0. The van der Waals surface area contributed by atoms with Crippen molar-refractivity contribution in [1.29, 1.82) is 0 Å². The predicted molar refractivity (Wildman–Crippen MR) is 59.8 cm³/mol. The SMILES string of the molecule is CC(C)N1C(=O)N(C)CC12CCCNC2. The molecule has 1 spiro atoms. The van der Waals surface area contributed by atoms with Gasteiger partial charge in [0.25, 0.3) is 0 Å². The summed E-state index contributed by atoms with van der Waals surface area (Å²) in [6, 6.07) is 0.482. The number of nitrogens with one attached hydrogen (secondary N) is 1. The number of piperidine rings is 1. The number of hydrogen-bond acceptors (Lipinski definition) is 2. The van der Waals surface area contributed by atoms with Gasteiger partial charge in [-0.25, -0.2) is 4.79 Å². The molecule has 2 saturated heterocycles. The summed E-state index contributed by atoms with van der Waals surface area (Å²) < 4.78 is 0. The highest BCUT2D eigenvalue weighted by molar-refractivity contribution is 5.78. The van der Waals surface area contributed by atoms with Crippen LogP contribution in [-0.2, 0) is 0 Å². The molecular formula is C11H21N3O. The zero-order chi connectivity index (χ0) is 11.1. The van der Waals surface area contributed by atoms with E-state index in [1.165, 1.54) is 6.42 Å². The lowest BCUT2D eigenvalue weighted by Crippen LogP contribution is -2.58. The number of nitrogens with zero attached hydrogens (tertiary/aromatic N) is 2. The lowest BCUT2D eigenvalue weighted by atomic mass is 9.88. The summed E-state index contributed by atoms with van der Waals surface area (Å²) in [6.07, 6.45) is 2.30. The average molecular weight is 211 g/mol. The Balaban J connectivity index is 2.25. The van der Waals surface area contributed by atoms with E-state index in [1.54, 1.807) is 0 Å². The number of carbonyl (C=O) groups excluding carboxylic acids is 1. The number of likely N-dealkylation sites (N-methyl/N-ethyl adjacent to an activating group) is 1. The topological polar surface area (TPSA) is 35.6 Å². The van der Waals surface area contributed by atoms with Crippen molar-refractivity contribution in [3.8, 4) is 0 Å². The van der Waals surface area contributed by atoms with Crippen LogP contribution in [0.15, 0.2) is 0 Å². The van der Waals surface area contributed by atoms with Crippen LogP contribution in [0.5, 0.6) is 0 Å². The van der Waals surface area contributed by atoms with Gasteiger partial charge in [-0.15, -0.1) is 0 Å². The Hall–Kier alpha value is -0.770. The lowest BCUT2D eigenvalue weighted by molar-refractivity contribution is 0.105. The molecule has 0 aromatic heterocycles. The highest BCUT2D eigenvalue weighted by Crippen LogP contribution is 2.33. The van der Waals surface area contributed by atoms with Crippen molar-refractivity contribution < 1.29 is 4.79 Å². The van der Waals surface area contributed by atoms with Crippen LogP contribution in [0.1, 0.15) is 26.7 Å². The van der Waals surface area contributed by atoms with E-state index in [0.717, 1.165) is 26.1 Å². The molecule has 1 N–H and O–H groups in total. The first-order valence-electron chi connectivity index (χ1n) is 5.82. The van der Waals surface area contributed by atoms with E-state index in [4.69, 9.17) is 0 Å². The van der Waals surface area contributed by atoms with Gasteiger partial charge in [-0.2, -0.15) is 0 Å². The molecule has 0 radical (unpaired) electrons. The minimum absolute atomic E-state index is 0.0538. The van der Waals surface area contributed by atoms with Crippen molar-refractivity contribution in [2.75, 3.05) is 26.7 Å². The molecule has 0 saturated carbocycles. The molecule has 4 nitrogen and oxygen atoms in total. The van der Waals surface area contributed by atoms with Crippen LogP contribution in [0, 0.1) is 0 Å². The highest BCUT2D eigenvalue weighted by Gasteiger charge is 2.49. The van der Waals surface area contributed by atoms with Gasteiger partial charge in [0, 0.05) is 26.2 Å². The van der Waals surface area contributed by atoms with Gasteiger partial charge in [-0.05, 0) is 33.2 Å². The Morgan fingerprint density at radius 1 is 1.47 bits per heavy atom. The van der Waals surface area contributed by atoms with Crippen molar-refractivity contribution >= 4 is 6.03 Å². The minimum atomic E-state index is 0.0538. The van der Waals surface area contributed by atoms with Crippen molar-refractivity contribution in [2.24, 2.45) is 0 Å². The highest BCUT2D eigenvalue weighted by atomic mass is 16.2. The Bertz CT molecular complexity index is 259. The molecule has 0 aliphatic carbocycles. The maximum Gasteiger partial charge on any atom is 0.320 e. The van der Waals surface area contributed by atoms with Gasteiger partial charge < -0.3 is 15.1 Å². The number of carbonyl (C=O) groups is 1. The molecule has 0 bridgehead atoms. The van der Waals surface area contributed by atoms with Crippen LogP contribution in [0.2, 0.25) is 0 Å². The van der Waals surface area contributed by atoms with E-state index in [2.05, 4.69) is 24.1 Å². The average Bonchev–Trinajstić information content (AvgIpc) is 2.40. The molecule has 2 rings (SSSR count). The Kier molecular flexibility index (Phi) is 2.63. The monoisotopic (exact) mass is 211 g/mol. The van der Waals surface area contributed by atoms with Gasteiger partial charge in [-0.3, -0.25) is 0 Å². The van der Waals surface area contributed by atoms with Crippen molar-refractivity contribution in [3.63, 3.8) is 0 Å². The fraction of sp³-hybridized carbons (Fsp3) is 0.909. The predicted octanol–water partition coefficient (Wildman–Crippen LogP) is 0.884. The van der Waals surface area contributed by atoms with Crippen molar-refractivity contribution in [1.82, 2.24) is 15.1 Å². The van der Waals surface area contributed by atoms with E-state index in [1.807, 2.05) is 11.9 Å². The second-order valence-corrected chi connectivity index (χ2v) is 5.11. The van der Waals surface area contributed by atoms with E-state index >= 15 is 0 Å². The smallest absolute Gasteiger partial charge is 0.320 e. The van der Waals surface area contributed by atoms with Crippen LogP contribution in [0.4, 0.5) is 4.79 Å². The molecule has 2 heterocycles. The second-order valence-electron chi connectivity index (χ2n) is 5.11. The summed E-state index contributed by atoms with van der Waals surface area (Å²) in [4.78, 5) is 16.0. The van der Waals surface area contributed by atoms with Crippen LogP contribution < -0.4 is 5.32 Å². The Labute approximate surface area is 91.6 Å². The molecule has 0 aromatic rings. The zero-order valence-electron chi connectivity index (χ0n) is 9.92. The van der Waals surface area contributed by atoms with Crippen molar-refractivity contribution in [3.05, 3.63) is 0 Å². The Morgan fingerprint density at radius 3 is 2.73 bits per heavy atom. The van der Waals surface area contributed by atoms with Crippen LogP contribution in [0.3, 0.4) is 0 Å². The third-order valence-corrected chi connectivity index (χ3v) is 3.54.